The molecule has 0 amide bonds. The molecule has 3 aliphatic carbocycles. The molecule has 3 aliphatic rings. The minimum Gasteiger partial charge on any atom is -0.385 e. The maximum Gasteiger partial charge on any atom is 0.0954 e. The topological polar surface area (TPSA) is 33.1 Å². The first kappa shape index (κ1) is 17.6. The molecule has 28 heavy (non-hydrogen) atoms. The highest BCUT2D eigenvalue weighted by atomic mass is 16.3. The lowest BCUT2D eigenvalue weighted by Gasteiger charge is -2.62. The van der Waals surface area contributed by atoms with Crippen molar-refractivity contribution in [2.24, 2.45) is 11.3 Å². The molecule has 2 bridgehead atoms. The fourth-order valence-electron chi connectivity index (χ4n) is 5.66. The van der Waals surface area contributed by atoms with Gasteiger partial charge in [0, 0.05) is 11.5 Å². The van der Waals surface area contributed by atoms with Gasteiger partial charge in [0.25, 0.3) is 0 Å². The third-order valence-electron chi connectivity index (χ3n) is 7.41. The first-order valence-electron chi connectivity index (χ1n) is 10.2. The van der Waals surface area contributed by atoms with E-state index in [9.17, 15) is 5.11 Å². The molecule has 142 valence electrons. The van der Waals surface area contributed by atoms with Gasteiger partial charge in [-0.25, -0.2) is 0 Å². The van der Waals surface area contributed by atoms with Crippen LogP contribution >= 0.6 is 0 Å². The van der Waals surface area contributed by atoms with Crippen molar-refractivity contribution < 1.29 is 5.11 Å². The van der Waals surface area contributed by atoms with Crippen molar-refractivity contribution in [2.45, 2.75) is 44.6 Å². The van der Waals surface area contributed by atoms with Gasteiger partial charge >= 0.3 is 0 Å². The summed E-state index contributed by atoms with van der Waals surface area (Å²) in [6, 6.07) is 24.9. The van der Waals surface area contributed by atoms with Crippen molar-refractivity contribution >= 4 is 0 Å². The van der Waals surface area contributed by atoms with Gasteiger partial charge in [0.2, 0.25) is 0 Å². The van der Waals surface area contributed by atoms with Crippen molar-refractivity contribution in [3.05, 3.63) is 89.6 Å². The van der Waals surface area contributed by atoms with Crippen LogP contribution in [-0.4, -0.2) is 10.1 Å². The van der Waals surface area contributed by atoms with Gasteiger partial charge in [0.05, 0.1) is 17.0 Å². The Morgan fingerprint density at radius 1 is 0.929 bits per heavy atom. The Kier molecular flexibility index (Phi) is 3.79. The third-order valence-corrected chi connectivity index (χ3v) is 7.41. The Labute approximate surface area is 167 Å². The first-order chi connectivity index (χ1) is 13.4. The van der Waals surface area contributed by atoms with E-state index in [1.54, 1.807) is 0 Å². The monoisotopic (exact) mass is 369 g/mol. The molecular weight excluding hydrogens is 342 g/mol. The number of hydrogen-bond acceptors (Lipinski definition) is 2. The highest BCUT2D eigenvalue weighted by Crippen LogP contribution is 2.69. The predicted octanol–water partition coefficient (Wildman–Crippen LogP) is 5.88. The molecular formula is C26H27NO. The summed E-state index contributed by atoms with van der Waals surface area (Å²) in [7, 11) is 0. The number of aliphatic hydroxyl groups is 1. The normalized spacial score (nSPS) is 26.6. The van der Waals surface area contributed by atoms with E-state index in [-0.39, 0.29) is 11.3 Å². The Balaban J connectivity index is 1.68. The lowest BCUT2D eigenvalue weighted by atomic mass is 9.42. The third kappa shape index (κ3) is 2.41. The van der Waals surface area contributed by atoms with Gasteiger partial charge in [-0.1, -0.05) is 80.6 Å². The van der Waals surface area contributed by atoms with E-state index in [0.29, 0.717) is 11.8 Å². The molecule has 1 aromatic heterocycles. The van der Waals surface area contributed by atoms with Crippen molar-refractivity contribution in [1.82, 2.24) is 4.98 Å². The molecule has 6 rings (SSSR count). The van der Waals surface area contributed by atoms with Crippen LogP contribution in [0.15, 0.2) is 72.8 Å². The summed E-state index contributed by atoms with van der Waals surface area (Å²) in [5.74, 6) is 0.958. The molecule has 2 heteroatoms. The summed E-state index contributed by atoms with van der Waals surface area (Å²) in [6.07, 6.45) is 1.14. The zero-order valence-electron chi connectivity index (χ0n) is 16.8. The number of hydrogen-bond donors (Lipinski definition) is 1. The Hall–Kier alpha value is -2.45. The zero-order chi connectivity index (χ0) is 19.5. The molecule has 1 saturated carbocycles. The summed E-state index contributed by atoms with van der Waals surface area (Å²) in [4.78, 5) is 5.14. The zero-order valence-corrected chi connectivity index (χ0v) is 16.8. The minimum atomic E-state index is -0.953. The minimum absolute atomic E-state index is 0.00596. The van der Waals surface area contributed by atoms with Crippen LogP contribution < -0.4 is 0 Å². The number of nitrogens with zero attached hydrogens (tertiary/aromatic N) is 1. The van der Waals surface area contributed by atoms with E-state index >= 15 is 0 Å². The van der Waals surface area contributed by atoms with Crippen LogP contribution in [0.5, 0.6) is 0 Å². The van der Waals surface area contributed by atoms with Gasteiger partial charge in [0.1, 0.15) is 0 Å². The number of benzene rings is 2. The lowest BCUT2D eigenvalue weighted by Crippen LogP contribution is -2.55. The quantitative estimate of drug-likeness (QED) is 0.625. The number of pyridine rings is 1. The van der Waals surface area contributed by atoms with E-state index < -0.39 is 5.60 Å². The molecule has 1 heterocycles. The fourth-order valence-corrected chi connectivity index (χ4v) is 5.66. The Morgan fingerprint density at radius 3 is 2.21 bits per heavy atom. The highest BCUT2D eigenvalue weighted by Gasteiger charge is 2.61. The van der Waals surface area contributed by atoms with Gasteiger partial charge in [-0.15, -0.1) is 0 Å². The summed E-state index contributed by atoms with van der Waals surface area (Å²) < 4.78 is 0. The largest absolute Gasteiger partial charge is 0.385 e. The molecule has 1 N–H and O–H groups in total. The van der Waals surface area contributed by atoms with Crippen LogP contribution in [0.3, 0.4) is 0 Å². The van der Waals surface area contributed by atoms with E-state index in [1.165, 1.54) is 5.56 Å². The molecule has 2 aromatic carbocycles. The molecule has 4 atom stereocenters. The number of aromatic nitrogens is 1. The smallest absolute Gasteiger partial charge is 0.0954 e. The molecule has 0 saturated heterocycles. The standard InChI is InChI=1S/C26H27NO/c1-25(2)20-16-21(25)23(26(3,28)18-12-8-5-9-13-18)24-19(20)14-15-22(27-24)17-10-6-4-7-11-17/h4-15,20-21,23,28H,16H2,1-3H3/t20-,21+,23-,26-/m0/s1. The van der Waals surface area contributed by atoms with Crippen LogP contribution in [0.4, 0.5) is 0 Å². The van der Waals surface area contributed by atoms with E-state index in [0.717, 1.165) is 28.9 Å². The van der Waals surface area contributed by atoms with Gasteiger partial charge in [-0.2, -0.15) is 0 Å². The van der Waals surface area contributed by atoms with Gasteiger partial charge in [-0.3, -0.25) is 4.98 Å². The second kappa shape index (κ2) is 6.02. The average molecular weight is 370 g/mol. The molecule has 0 spiro atoms. The Morgan fingerprint density at radius 2 is 1.57 bits per heavy atom. The van der Waals surface area contributed by atoms with Crippen molar-refractivity contribution in [1.29, 1.82) is 0 Å². The van der Waals surface area contributed by atoms with E-state index in [2.05, 4.69) is 50.2 Å². The predicted molar refractivity (Wildman–Crippen MR) is 113 cm³/mol. The van der Waals surface area contributed by atoms with Crippen LogP contribution in [0.2, 0.25) is 0 Å². The fraction of sp³-hybridized carbons (Fsp3) is 0.346. The second-order valence-corrected chi connectivity index (χ2v) is 9.24. The van der Waals surface area contributed by atoms with Gasteiger partial charge in [-0.05, 0) is 47.8 Å². The second-order valence-electron chi connectivity index (χ2n) is 9.24. The van der Waals surface area contributed by atoms with E-state index in [1.807, 2.05) is 43.3 Å². The van der Waals surface area contributed by atoms with Gasteiger partial charge < -0.3 is 5.11 Å². The molecule has 0 aliphatic heterocycles. The molecule has 0 radical (unpaired) electrons. The van der Waals surface area contributed by atoms with Crippen molar-refractivity contribution in [3.63, 3.8) is 0 Å². The summed E-state index contributed by atoms with van der Waals surface area (Å²) in [6.45, 7) is 6.68. The average Bonchev–Trinajstić information content (AvgIpc) is 2.73. The van der Waals surface area contributed by atoms with Crippen LogP contribution in [-0.2, 0) is 5.60 Å². The molecule has 3 aromatic rings. The lowest BCUT2D eigenvalue weighted by molar-refractivity contribution is -0.0906. The molecule has 1 fully saturated rings. The Bertz CT molecular complexity index is 1010. The SMILES string of the molecule is CC1(C)[C@@H]2C[C@H]1c1ccc(-c3ccccc3)nc1[C@H]2[C@@](C)(O)c1ccccc1. The summed E-state index contributed by atoms with van der Waals surface area (Å²) >= 11 is 0. The van der Waals surface area contributed by atoms with Crippen molar-refractivity contribution in [2.75, 3.05) is 0 Å². The first-order valence-corrected chi connectivity index (χ1v) is 10.2. The molecule has 0 unspecified atom stereocenters. The number of rotatable bonds is 3. The van der Waals surface area contributed by atoms with Gasteiger partial charge in [0.15, 0.2) is 0 Å². The summed E-state index contributed by atoms with van der Waals surface area (Å²) in [5, 5.41) is 11.8. The maximum atomic E-state index is 11.8. The molecule has 2 nitrogen and oxygen atoms in total. The summed E-state index contributed by atoms with van der Waals surface area (Å²) in [5.41, 5.74) is 4.75. The maximum absolute atomic E-state index is 11.8. The van der Waals surface area contributed by atoms with Crippen molar-refractivity contribution in [3.8, 4) is 11.3 Å². The van der Waals surface area contributed by atoms with Crippen LogP contribution in [0.1, 0.15) is 55.8 Å². The highest BCUT2D eigenvalue weighted by molar-refractivity contribution is 5.61. The van der Waals surface area contributed by atoms with Crippen LogP contribution in [0, 0.1) is 11.3 Å². The van der Waals surface area contributed by atoms with Crippen LogP contribution in [0.25, 0.3) is 11.3 Å². The van der Waals surface area contributed by atoms with E-state index in [4.69, 9.17) is 4.98 Å².